The van der Waals surface area contributed by atoms with Gasteiger partial charge in [-0.25, -0.2) is 4.98 Å². The molecule has 1 aromatic heterocycles. The highest BCUT2D eigenvalue weighted by molar-refractivity contribution is 6.33. The van der Waals surface area contributed by atoms with Gasteiger partial charge in [-0.2, -0.15) is 0 Å². The maximum absolute atomic E-state index is 12.7. The largest absolute Gasteiger partial charge is 0.478 e. The first kappa shape index (κ1) is 19.0. The first-order chi connectivity index (χ1) is 13.9. The van der Waals surface area contributed by atoms with Gasteiger partial charge in [-0.15, -0.1) is 0 Å². The summed E-state index contributed by atoms with van der Waals surface area (Å²) in [6, 6.07) is 21.9. The third-order valence-corrected chi connectivity index (χ3v) is 4.74. The van der Waals surface area contributed by atoms with Gasteiger partial charge in [0.2, 0.25) is 5.89 Å². The molecular weight excluding hydrogens is 388 g/mol. The molecule has 6 heteroatoms. The van der Waals surface area contributed by atoms with E-state index in [2.05, 4.69) is 10.3 Å². The van der Waals surface area contributed by atoms with Gasteiger partial charge in [0.1, 0.15) is 11.3 Å². The summed E-state index contributed by atoms with van der Waals surface area (Å²) >= 11 is 6.23. The van der Waals surface area contributed by atoms with Gasteiger partial charge in [-0.05, 0) is 56.3 Å². The van der Waals surface area contributed by atoms with E-state index in [4.69, 9.17) is 20.8 Å². The average molecular weight is 407 g/mol. The van der Waals surface area contributed by atoms with Crippen LogP contribution in [0.15, 0.2) is 77.2 Å². The molecule has 0 radical (unpaired) electrons. The molecule has 5 nitrogen and oxygen atoms in total. The number of carbonyl (C=O) groups is 1. The van der Waals surface area contributed by atoms with Gasteiger partial charge in [0.15, 0.2) is 11.2 Å². The Hall–Kier alpha value is -3.31. The lowest BCUT2D eigenvalue weighted by molar-refractivity contribution is -0.128. The fourth-order valence-corrected chi connectivity index (χ4v) is 3.08. The molecule has 1 amide bonds. The van der Waals surface area contributed by atoms with Gasteiger partial charge in [0.25, 0.3) is 5.91 Å². The molecule has 0 bridgehead atoms. The number of benzene rings is 3. The molecule has 1 N–H and O–H groups in total. The van der Waals surface area contributed by atoms with E-state index in [0.29, 0.717) is 39.0 Å². The monoisotopic (exact) mass is 406 g/mol. The molecule has 0 fully saturated rings. The van der Waals surface area contributed by atoms with Crippen LogP contribution in [0.25, 0.3) is 22.6 Å². The fraction of sp³-hybridized carbons (Fsp3) is 0.130. The number of amides is 1. The molecule has 0 spiro atoms. The molecule has 0 saturated heterocycles. The summed E-state index contributed by atoms with van der Waals surface area (Å²) in [6.07, 6.45) is 0. The molecule has 0 atom stereocenters. The Labute approximate surface area is 173 Å². The predicted octanol–water partition coefficient (Wildman–Crippen LogP) is 5.94. The summed E-state index contributed by atoms with van der Waals surface area (Å²) in [7, 11) is 0. The van der Waals surface area contributed by atoms with E-state index >= 15 is 0 Å². The minimum Gasteiger partial charge on any atom is -0.478 e. The number of fused-ring (bicyclic) bond motifs is 1. The maximum Gasteiger partial charge on any atom is 0.267 e. The number of hydrogen-bond donors (Lipinski definition) is 1. The van der Waals surface area contributed by atoms with Crippen LogP contribution in [0.3, 0.4) is 0 Å². The number of ether oxygens (including phenoxy) is 1. The molecule has 0 aliphatic heterocycles. The standard InChI is InChI=1S/C23H19ClN2O3/c1-23(2,29-16-8-4-3-5-9-16)22(27)25-15-12-13-20-19(14-15)26-21(28-20)17-10-6-7-11-18(17)24/h3-14H,1-2H3,(H,25,27). The zero-order valence-electron chi connectivity index (χ0n) is 16.0. The Kier molecular flexibility index (Phi) is 4.99. The van der Waals surface area contributed by atoms with E-state index in [1.807, 2.05) is 48.5 Å². The molecule has 4 aromatic rings. The zero-order valence-corrected chi connectivity index (χ0v) is 16.7. The number of para-hydroxylation sites is 1. The summed E-state index contributed by atoms with van der Waals surface area (Å²) in [5.41, 5.74) is 1.50. The van der Waals surface area contributed by atoms with Gasteiger partial charge in [-0.1, -0.05) is 41.9 Å². The molecule has 29 heavy (non-hydrogen) atoms. The van der Waals surface area contributed by atoms with Crippen LogP contribution in [0.5, 0.6) is 5.75 Å². The number of oxazole rings is 1. The third kappa shape index (κ3) is 4.10. The molecule has 0 unspecified atom stereocenters. The Bertz CT molecular complexity index is 1170. The quantitative estimate of drug-likeness (QED) is 0.445. The van der Waals surface area contributed by atoms with Crippen molar-refractivity contribution in [3.05, 3.63) is 77.8 Å². The minimum absolute atomic E-state index is 0.268. The first-order valence-electron chi connectivity index (χ1n) is 9.13. The van der Waals surface area contributed by atoms with E-state index in [-0.39, 0.29) is 5.91 Å². The van der Waals surface area contributed by atoms with Crippen molar-refractivity contribution in [2.75, 3.05) is 5.32 Å². The van der Waals surface area contributed by atoms with Gasteiger partial charge in [0.05, 0.1) is 10.6 Å². The van der Waals surface area contributed by atoms with Crippen molar-refractivity contribution >= 4 is 34.3 Å². The Balaban J connectivity index is 1.55. The van der Waals surface area contributed by atoms with Crippen molar-refractivity contribution in [3.8, 4) is 17.2 Å². The summed E-state index contributed by atoms with van der Waals surface area (Å²) in [4.78, 5) is 17.3. The van der Waals surface area contributed by atoms with E-state index in [1.165, 1.54) is 0 Å². The summed E-state index contributed by atoms with van der Waals surface area (Å²) in [5.74, 6) is 0.793. The average Bonchev–Trinajstić information content (AvgIpc) is 3.12. The van der Waals surface area contributed by atoms with Crippen LogP contribution in [0.1, 0.15) is 13.8 Å². The molecular formula is C23H19ClN2O3. The van der Waals surface area contributed by atoms with Crippen molar-refractivity contribution < 1.29 is 13.9 Å². The molecule has 0 aliphatic carbocycles. The van der Waals surface area contributed by atoms with Crippen molar-refractivity contribution in [1.82, 2.24) is 4.98 Å². The van der Waals surface area contributed by atoms with E-state index < -0.39 is 5.60 Å². The molecule has 4 rings (SSSR count). The highest BCUT2D eigenvalue weighted by Gasteiger charge is 2.30. The minimum atomic E-state index is -1.05. The predicted molar refractivity (Wildman–Crippen MR) is 114 cm³/mol. The number of aromatic nitrogens is 1. The van der Waals surface area contributed by atoms with Gasteiger partial charge in [-0.3, -0.25) is 4.79 Å². The molecule has 0 saturated carbocycles. The van der Waals surface area contributed by atoms with Crippen LogP contribution >= 0.6 is 11.6 Å². The third-order valence-electron chi connectivity index (χ3n) is 4.41. The van der Waals surface area contributed by atoms with Crippen LogP contribution in [0, 0.1) is 0 Å². The second-order valence-corrected chi connectivity index (χ2v) is 7.47. The summed E-state index contributed by atoms with van der Waals surface area (Å²) in [6.45, 7) is 3.44. The smallest absolute Gasteiger partial charge is 0.267 e. The lowest BCUT2D eigenvalue weighted by atomic mass is 10.1. The Morgan fingerprint density at radius 3 is 2.52 bits per heavy atom. The van der Waals surface area contributed by atoms with E-state index in [0.717, 1.165) is 0 Å². The lowest BCUT2D eigenvalue weighted by Crippen LogP contribution is -2.42. The van der Waals surface area contributed by atoms with Crippen LogP contribution < -0.4 is 10.1 Å². The number of halogens is 1. The Morgan fingerprint density at radius 1 is 1.03 bits per heavy atom. The highest BCUT2D eigenvalue weighted by Crippen LogP contribution is 2.31. The topological polar surface area (TPSA) is 64.4 Å². The van der Waals surface area contributed by atoms with Crippen LogP contribution in [-0.2, 0) is 4.79 Å². The number of nitrogens with one attached hydrogen (secondary N) is 1. The van der Waals surface area contributed by atoms with Crippen molar-refractivity contribution in [1.29, 1.82) is 0 Å². The molecule has 146 valence electrons. The zero-order chi connectivity index (χ0) is 20.4. The number of anilines is 1. The Morgan fingerprint density at radius 2 is 1.76 bits per heavy atom. The molecule has 1 heterocycles. The second-order valence-electron chi connectivity index (χ2n) is 7.06. The molecule has 0 aliphatic rings. The van der Waals surface area contributed by atoms with Gasteiger partial charge in [0, 0.05) is 5.69 Å². The SMILES string of the molecule is CC(C)(Oc1ccccc1)C(=O)Nc1ccc2oc(-c3ccccc3Cl)nc2c1. The first-order valence-corrected chi connectivity index (χ1v) is 9.51. The number of hydrogen-bond acceptors (Lipinski definition) is 4. The lowest BCUT2D eigenvalue weighted by Gasteiger charge is -2.25. The summed E-state index contributed by atoms with van der Waals surface area (Å²) < 4.78 is 11.6. The second kappa shape index (κ2) is 7.60. The van der Waals surface area contributed by atoms with Crippen LogP contribution in [0.4, 0.5) is 5.69 Å². The summed E-state index contributed by atoms with van der Waals surface area (Å²) in [5, 5.41) is 3.45. The van der Waals surface area contributed by atoms with Crippen LogP contribution in [-0.4, -0.2) is 16.5 Å². The van der Waals surface area contributed by atoms with Crippen molar-refractivity contribution in [3.63, 3.8) is 0 Å². The fourth-order valence-electron chi connectivity index (χ4n) is 2.87. The number of rotatable bonds is 5. The van der Waals surface area contributed by atoms with Crippen molar-refractivity contribution in [2.45, 2.75) is 19.4 Å². The van der Waals surface area contributed by atoms with Gasteiger partial charge >= 0.3 is 0 Å². The van der Waals surface area contributed by atoms with Crippen LogP contribution in [0.2, 0.25) is 5.02 Å². The number of nitrogens with zero attached hydrogens (tertiary/aromatic N) is 1. The van der Waals surface area contributed by atoms with E-state index in [9.17, 15) is 4.79 Å². The van der Waals surface area contributed by atoms with Gasteiger partial charge < -0.3 is 14.5 Å². The normalized spacial score (nSPS) is 11.4. The van der Waals surface area contributed by atoms with Crippen molar-refractivity contribution in [2.24, 2.45) is 0 Å². The van der Waals surface area contributed by atoms with E-state index in [1.54, 1.807) is 38.1 Å². The maximum atomic E-state index is 12.7. The number of carbonyl (C=O) groups excluding carboxylic acids is 1. The molecule has 3 aromatic carbocycles. The highest BCUT2D eigenvalue weighted by atomic mass is 35.5.